The zero-order chi connectivity index (χ0) is 20.3. The maximum absolute atomic E-state index is 14.6. The Morgan fingerprint density at radius 1 is 1.29 bits per heavy atom. The van der Waals surface area contributed by atoms with Crippen molar-refractivity contribution >= 4 is 27.5 Å². The minimum absolute atomic E-state index is 0.00779. The summed E-state index contributed by atoms with van der Waals surface area (Å²) in [5.74, 6) is -1.77. The zero-order valence-electron chi connectivity index (χ0n) is 16.1. The smallest absolute Gasteiger partial charge is 0.241 e. The van der Waals surface area contributed by atoms with Crippen molar-refractivity contribution in [1.82, 2.24) is 20.7 Å². The standard InChI is InChI=1S/C17H30ClFN4O4S/c1-11-2-5-23(21-11)13-8-14(16(19)15(18)9-13)17(24)20-22-28(25,26)10-12-3-6-27-7-4-12/h11-16,21-22H,2-10H2,1H3,(H,20,24). The number of rotatable bonds is 6. The molecule has 3 N–H and O–H groups in total. The van der Waals surface area contributed by atoms with E-state index in [1.807, 2.05) is 5.01 Å². The lowest BCUT2D eigenvalue weighted by Crippen LogP contribution is -2.55. The molecular weight excluding hydrogens is 411 g/mol. The van der Waals surface area contributed by atoms with Crippen LogP contribution in [0.1, 0.15) is 39.0 Å². The van der Waals surface area contributed by atoms with Crippen LogP contribution in [0.25, 0.3) is 0 Å². The summed E-state index contributed by atoms with van der Waals surface area (Å²) in [6, 6.07) is 0.273. The van der Waals surface area contributed by atoms with Crippen LogP contribution in [0, 0.1) is 11.8 Å². The fourth-order valence-corrected chi connectivity index (χ4v) is 5.86. The molecule has 3 fully saturated rings. The van der Waals surface area contributed by atoms with E-state index in [1.54, 1.807) is 0 Å². The van der Waals surface area contributed by atoms with Gasteiger partial charge in [-0.1, -0.05) is 0 Å². The maximum atomic E-state index is 14.6. The van der Waals surface area contributed by atoms with Gasteiger partial charge >= 0.3 is 0 Å². The molecule has 1 aliphatic carbocycles. The predicted octanol–water partition coefficient (Wildman–Crippen LogP) is 0.687. The van der Waals surface area contributed by atoms with Gasteiger partial charge in [-0.25, -0.2) is 17.8 Å². The summed E-state index contributed by atoms with van der Waals surface area (Å²) >= 11 is 6.17. The van der Waals surface area contributed by atoms with Crippen LogP contribution < -0.4 is 15.7 Å². The van der Waals surface area contributed by atoms with E-state index in [4.69, 9.17) is 16.3 Å². The van der Waals surface area contributed by atoms with Gasteiger partial charge in [-0.3, -0.25) is 15.6 Å². The minimum Gasteiger partial charge on any atom is -0.381 e. The molecule has 0 radical (unpaired) electrons. The third kappa shape index (κ3) is 5.76. The number of nitrogens with zero attached hydrogens (tertiary/aromatic N) is 1. The van der Waals surface area contributed by atoms with Crippen molar-refractivity contribution in [3.05, 3.63) is 0 Å². The molecule has 0 aromatic carbocycles. The van der Waals surface area contributed by atoms with Gasteiger partial charge in [0.05, 0.1) is 17.0 Å². The van der Waals surface area contributed by atoms with E-state index in [0.717, 1.165) is 13.0 Å². The Bertz CT molecular complexity index is 649. The van der Waals surface area contributed by atoms with Gasteiger partial charge in [0.15, 0.2) is 0 Å². The van der Waals surface area contributed by atoms with E-state index < -0.39 is 33.4 Å². The van der Waals surface area contributed by atoms with Crippen LogP contribution in [0.4, 0.5) is 4.39 Å². The number of sulfonamides is 1. The molecule has 28 heavy (non-hydrogen) atoms. The molecule has 0 aromatic heterocycles. The largest absolute Gasteiger partial charge is 0.381 e. The van der Waals surface area contributed by atoms with Gasteiger partial charge in [0.1, 0.15) is 6.17 Å². The molecule has 1 amide bonds. The minimum atomic E-state index is -3.70. The number of hydrogen-bond donors (Lipinski definition) is 3. The Hall–Kier alpha value is -0.520. The Labute approximate surface area is 170 Å². The number of hydrogen-bond acceptors (Lipinski definition) is 6. The molecule has 162 valence electrons. The molecule has 2 aliphatic heterocycles. The summed E-state index contributed by atoms with van der Waals surface area (Å²) < 4.78 is 44.3. The van der Waals surface area contributed by atoms with Gasteiger partial charge in [-0.05, 0) is 44.9 Å². The summed E-state index contributed by atoms with van der Waals surface area (Å²) in [5, 5.41) is 1.24. The van der Waals surface area contributed by atoms with Crippen LogP contribution in [0.5, 0.6) is 0 Å². The fourth-order valence-electron chi connectivity index (χ4n) is 4.19. The van der Waals surface area contributed by atoms with E-state index in [1.165, 1.54) is 0 Å². The van der Waals surface area contributed by atoms with Gasteiger partial charge < -0.3 is 4.74 Å². The quantitative estimate of drug-likeness (QED) is 0.415. The molecule has 2 saturated heterocycles. The number of nitrogens with one attached hydrogen (secondary N) is 3. The molecule has 5 atom stereocenters. The average molecular weight is 441 g/mol. The first-order valence-electron chi connectivity index (χ1n) is 9.93. The first-order chi connectivity index (χ1) is 13.2. The summed E-state index contributed by atoms with van der Waals surface area (Å²) in [5.41, 5.74) is 5.53. The number of alkyl halides is 2. The summed E-state index contributed by atoms with van der Waals surface area (Å²) in [4.78, 5) is 14.6. The highest BCUT2D eigenvalue weighted by molar-refractivity contribution is 7.89. The van der Waals surface area contributed by atoms with Gasteiger partial charge in [0, 0.05) is 31.8 Å². The first kappa shape index (κ1) is 22.2. The molecule has 2 heterocycles. The number of hydrazine groups is 2. The Balaban J connectivity index is 1.54. The highest BCUT2D eigenvalue weighted by Crippen LogP contribution is 2.34. The molecule has 0 aromatic rings. The lowest BCUT2D eigenvalue weighted by molar-refractivity contribution is -0.129. The summed E-state index contributed by atoms with van der Waals surface area (Å²) in [6.45, 7) is 3.97. The second-order valence-electron chi connectivity index (χ2n) is 8.13. The van der Waals surface area contributed by atoms with Crippen LogP contribution in [0.2, 0.25) is 0 Å². The van der Waals surface area contributed by atoms with E-state index in [0.29, 0.717) is 38.5 Å². The monoisotopic (exact) mass is 440 g/mol. The van der Waals surface area contributed by atoms with Crippen LogP contribution in [-0.4, -0.2) is 68.5 Å². The highest BCUT2D eigenvalue weighted by atomic mass is 35.5. The van der Waals surface area contributed by atoms with Crippen LogP contribution >= 0.6 is 11.6 Å². The van der Waals surface area contributed by atoms with Crippen LogP contribution in [0.15, 0.2) is 0 Å². The molecule has 8 nitrogen and oxygen atoms in total. The van der Waals surface area contributed by atoms with Crippen molar-refractivity contribution in [1.29, 1.82) is 0 Å². The molecule has 1 saturated carbocycles. The lowest BCUT2D eigenvalue weighted by atomic mass is 9.83. The van der Waals surface area contributed by atoms with Crippen LogP contribution in [0.3, 0.4) is 0 Å². The third-order valence-electron chi connectivity index (χ3n) is 5.85. The van der Waals surface area contributed by atoms with Gasteiger partial charge in [-0.2, -0.15) is 0 Å². The first-order valence-corrected chi connectivity index (χ1v) is 12.0. The normalized spacial score (nSPS) is 35.8. The zero-order valence-corrected chi connectivity index (χ0v) is 17.6. The second kappa shape index (κ2) is 9.53. The third-order valence-corrected chi connectivity index (χ3v) is 7.59. The number of carbonyl (C=O) groups is 1. The van der Waals surface area contributed by atoms with E-state index in [2.05, 4.69) is 22.6 Å². The Morgan fingerprint density at radius 2 is 2.00 bits per heavy atom. The lowest BCUT2D eigenvalue weighted by Gasteiger charge is -2.38. The number of halogens is 2. The second-order valence-corrected chi connectivity index (χ2v) is 10.5. The van der Waals surface area contributed by atoms with Crippen molar-refractivity contribution in [2.45, 2.75) is 62.7 Å². The van der Waals surface area contributed by atoms with Gasteiger partial charge in [0.25, 0.3) is 0 Å². The maximum Gasteiger partial charge on any atom is 0.241 e. The van der Waals surface area contributed by atoms with Crippen molar-refractivity contribution in [2.75, 3.05) is 25.5 Å². The SMILES string of the molecule is CC1CCN(C2CC(Cl)C(F)C(C(=O)NNS(=O)(=O)CC3CCOCC3)C2)N1. The topological polar surface area (TPSA) is 99.8 Å². The summed E-state index contributed by atoms with van der Waals surface area (Å²) in [7, 11) is -3.70. The predicted molar refractivity (Wildman–Crippen MR) is 104 cm³/mol. The van der Waals surface area contributed by atoms with Crippen LogP contribution in [-0.2, 0) is 19.6 Å². The molecular formula is C17H30ClFN4O4S. The van der Waals surface area contributed by atoms with Crippen molar-refractivity contribution in [2.24, 2.45) is 11.8 Å². The molecule has 11 heteroatoms. The summed E-state index contributed by atoms with van der Waals surface area (Å²) in [6.07, 6.45) is 1.53. The number of amides is 1. The molecule has 3 rings (SSSR count). The van der Waals surface area contributed by atoms with Crippen molar-refractivity contribution < 1.29 is 22.3 Å². The molecule has 0 bridgehead atoms. The molecule has 3 aliphatic rings. The molecule has 5 unspecified atom stereocenters. The molecule has 0 spiro atoms. The Kier molecular flexibility index (Phi) is 7.54. The number of ether oxygens (including phenoxy) is 1. The van der Waals surface area contributed by atoms with Crippen molar-refractivity contribution in [3.63, 3.8) is 0 Å². The van der Waals surface area contributed by atoms with Gasteiger partial charge in [-0.15, -0.1) is 16.4 Å². The fraction of sp³-hybridized carbons (Fsp3) is 0.941. The highest BCUT2D eigenvalue weighted by Gasteiger charge is 2.44. The van der Waals surface area contributed by atoms with Crippen molar-refractivity contribution in [3.8, 4) is 0 Å². The Morgan fingerprint density at radius 3 is 2.64 bits per heavy atom. The van der Waals surface area contributed by atoms with Gasteiger partial charge in [0.2, 0.25) is 15.9 Å². The number of carbonyl (C=O) groups excluding carboxylic acids is 1. The van der Waals surface area contributed by atoms with E-state index >= 15 is 0 Å². The average Bonchev–Trinajstić information content (AvgIpc) is 3.09. The van der Waals surface area contributed by atoms with E-state index in [9.17, 15) is 17.6 Å². The van der Waals surface area contributed by atoms with E-state index in [-0.39, 0.29) is 24.1 Å².